The molecule has 4 rings (SSSR count). The maximum Gasteiger partial charge on any atom is 0.338 e. The summed E-state index contributed by atoms with van der Waals surface area (Å²) in [6, 6.07) is 8.94. The Morgan fingerprint density at radius 3 is 2.75 bits per heavy atom. The SMILES string of the molecule is C=C(C)[C@@]12C[C@H]3C(=O)C[C@]1(C)OC[C@]32COC(=O)c1ccccc1. The maximum atomic E-state index is 12.5. The van der Waals surface area contributed by atoms with Crippen molar-refractivity contribution in [1.29, 1.82) is 0 Å². The van der Waals surface area contributed by atoms with Gasteiger partial charge in [0.25, 0.3) is 0 Å². The Kier molecular flexibility index (Phi) is 3.11. The highest BCUT2D eigenvalue weighted by Crippen LogP contribution is 2.77. The first kappa shape index (κ1) is 15.6. The number of hydrogen-bond acceptors (Lipinski definition) is 4. The van der Waals surface area contributed by atoms with Gasteiger partial charge in [0.1, 0.15) is 12.4 Å². The molecule has 2 saturated carbocycles. The number of carbonyl (C=O) groups excluding carboxylic acids is 2. The number of rotatable bonds is 4. The molecule has 1 saturated heterocycles. The van der Waals surface area contributed by atoms with Crippen LogP contribution in [0.3, 0.4) is 0 Å². The largest absolute Gasteiger partial charge is 0.461 e. The lowest BCUT2D eigenvalue weighted by Crippen LogP contribution is -2.72. The Morgan fingerprint density at radius 2 is 2.08 bits per heavy atom. The van der Waals surface area contributed by atoms with Crippen molar-refractivity contribution in [3.05, 3.63) is 48.0 Å². The number of esters is 1. The highest BCUT2D eigenvalue weighted by Gasteiger charge is 2.82. The van der Waals surface area contributed by atoms with Crippen molar-refractivity contribution >= 4 is 11.8 Å². The Hall–Kier alpha value is -1.94. The van der Waals surface area contributed by atoms with Gasteiger partial charge in [-0.2, -0.15) is 0 Å². The minimum absolute atomic E-state index is 0.0895. The van der Waals surface area contributed by atoms with Gasteiger partial charge in [0, 0.05) is 23.2 Å². The molecule has 1 aliphatic heterocycles. The standard InChI is InChI=1S/C20H22O4/c1-13(2)20-9-15-16(21)10-18(20,3)24-12-19(15,20)11-23-17(22)14-7-5-4-6-8-14/h4-8,15H,1,9-12H2,2-3H3/t15-,18-,19+,20-/m0/s1. The van der Waals surface area contributed by atoms with E-state index >= 15 is 0 Å². The van der Waals surface area contributed by atoms with E-state index in [2.05, 4.69) is 6.58 Å². The van der Waals surface area contributed by atoms with E-state index in [1.807, 2.05) is 32.0 Å². The lowest BCUT2D eigenvalue weighted by Gasteiger charge is -2.67. The normalized spacial score (nSPS) is 39.2. The van der Waals surface area contributed by atoms with Gasteiger partial charge >= 0.3 is 5.97 Å². The molecule has 0 N–H and O–H groups in total. The van der Waals surface area contributed by atoms with Crippen LogP contribution in [0.5, 0.6) is 0 Å². The van der Waals surface area contributed by atoms with Crippen molar-refractivity contribution in [1.82, 2.24) is 0 Å². The zero-order chi connectivity index (χ0) is 17.2. The molecule has 2 aliphatic carbocycles. The number of ketones is 1. The van der Waals surface area contributed by atoms with Gasteiger partial charge in [-0.25, -0.2) is 4.79 Å². The second-order valence-electron chi connectivity index (χ2n) is 7.70. The van der Waals surface area contributed by atoms with Crippen LogP contribution < -0.4 is 0 Å². The van der Waals surface area contributed by atoms with E-state index in [-0.39, 0.29) is 29.7 Å². The molecule has 4 heteroatoms. The molecule has 1 heterocycles. The molecule has 0 unspecified atom stereocenters. The number of benzene rings is 1. The van der Waals surface area contributed by atoms with Gasteiger partial charge in [0.05, 0.1) is 17.8 Å². The van der Waals surface area contributed by atoms with Crippen molar-refractivity contribution in [2.75, 3.05) is 13.2 Å². The summed E-state index contributed by atoms with van der Waals surface area (Å²) in [7, 11) is 0. The van der Waals surface area contributed by atoms with E-state index in [1.165, 1.54) is 0 Å². The first-order chi connectivity index (χ1) is 11.4. The lowest BCUT2D eigenvalue weighted by molar-refractivity contribution is -0.194. The molecule has 126 valence electrons. The smallest absolute Gasteiger partial charge is 0.338 e. The minimum atomic E-state index is -0.524. The van der Waals surface area contributed by atoms with Crippen molar-refractivity contribution in [3.63, 3.8) is 0 Å². The topological polar surface area (TPSA) is 52.6 Å². The summed E-state index contributed by atoms with van der Waals surface area (Å²) < 4.78 is 11.8. The fourth-order valence-corrected chi connectivity index (χ4v) is 5.50. The van der Waals surface area contributed by atoms with Crippen LogP contribution in [-0.2, 0) is 14.3 Å². The van der Waals surface area contributed by atoms with Crippen LogP contribution in [0.15, 0.2) is 42.5 Å². The summed E-state index contributed by atoms with van der Waals surface area (Å²) in [4.78, 5) is 24.9. The Morgan fingerprint density at radius 1 is 1.38 bits per heavy atom. The van der Waals surface area contributed by atoms with Crippen LogP contribution >= 0.6 is 0 Å². The highest BCUT2D eigenvalue weighted by molar-refractivity contribution is 5.90. The summed E-state index contributed by atoms with van der Waals surface area (Å²) in [5.41, 5.74) is 0.310. The van der Waals surface area contributed by atoms with Crippen LogP contribution in [0.2, 0.25) is 0 Å². The summed E-state index contributed by atoms with van der Waals surface area (Å²) in [6.45, 7) is 8.88. The molecule has 0 aromatic heterocycles. The Bertz CT molecular complexity index is 739. The molecule has 3 aliphatic rings. The van der Waals surface area contributed by atoms with E-state index in [9.17, 15) is 9.59 Å². The Labute approximate surface area is 141 Å². The number of ether oxygens (including phenoxy) is 2. The zero-order valence-corrected chi connectivity index (χ0v) is 14.1. The van der Waals surface area contributed by atoms with Crippen molar-refractivity contribution in [3.8, 4) is 0 Å². The fraction of sp³-hybridized carbons (Fsp3) is 0.500. The molecule has 0 spiro atoms. The van der Waals surface area contributed by atoms with Crippen LogP contribution in [0, 0.1) is 16.7 Å². The average Bonchev–Trinajstić information content (AvgIpc) is 2.66. The van der Waals surface area contributed by atoms with Gasteiger partial charge < -0.3 is 9.47 Å². The number of Topliss-reactive ketones (excluding diaryl/α,β-unsaturated/α-hetero) is 1. The van der Waals surface area contributed by atoms with Gasteiger partial charge in [-0.15, -0.1) is 0 Å². The van der Waals surface area contributed by atoms with E-state index in [1.54, 1.807) is 12.1 Å². The first-order valence-corrected chi connectivity index (χ1v) is 8.41. The molecule has 0 amide bonds. The monoisotopic (exact) mass is 326 g/mol. The number of carbonyl (C=O) groups is 2. The average molecular weight is 326 g/mol. The molecule has 1 aromatic carbocycles. The van der Waals surface area contributed by atoms with Crippen LogP contribution in [0.1, 0.15) is 37.0 Å². The first-order valence-electron chi connectivity index (χ1n) is 8.41. The van der Waals surface area contributed by atoms with Gasteiger partial charge in [0.2, 0.25) is 0 Å². The van der Waals surface area contributed by atoms with Gasteiger partial charge in [-0.05, 0) is 32.4 Å². The van der Waals surface area contributed by atoms with Crippen molar-refractivity contribution in [2.45, 2.75) is 32.3 Å². The van der Waals surface area contributed by atoms with Crippen LogP contribution in [0.4, 0.5) is 0 Å². The quantitative estimate of drug-likeness (QED) is 0.630. The Balaban J connectivity index is 1.63. The second kappa shape index (κ2) is 4.79. The van der Waals surface area contributed by atoms with E-state index in [0.717, 1.165) is 12.0 Å². The molecule has 0 radical (unpaired) electrons. The van der Waals surface area contributed by atoms with E-state index in [4.69, 9.17) is 9.47 Å². The molecule has 2 bridgehead atoms. The lowest BCUT2D eigenvalue weighted by atomic mass is 9.34. The predicted molar refractivity (Wildman–Crippen MR) is 88.5 cm³/mol. The molecule has 24 heavy (non-hydrogen) atoms. The molecule has 3 fully saturated rings. The summed E-state index contributed by atoms with van der Waals surface area (Å²) >= 11 is 0. The summed E-state index contributed by atoms with van der Waals surface area (Å²) in [5.74, 6) is -0.213. The van der Waals surface area contributed by atoms with Crippen molar-refractivity contribution < 1.29 is 19.1 Å². The van der Waals surface area contributed by atoms with Gasteiger partial charge in [0.15, 0.2) is 0 Å². The summed E-state index contributed by atoms with van der Waals surface area (Å²) in [6.07, 6.45) is 1.19. The minimum Gasteiger partial charge on any atom is -0.461 e. The predicted octanol–water partition coefficient (Wildman–Crippen LogP) is 3.17. The molecular formula is C20H22O4. The van der Waals surface area contributed by atoms with Crippen molar-refractivity contribution in [2.24, 2.45) is 16.7 Å². The molecular weight excluding hydrogens is 304 g/mol. The molecule has 1 aromatic rings. The maximum absolute atomic E-state index is 12.5. The van der Waals surface area contributed by atoms with E-state index < -0.39 is 11.0 Å². The van der Waals surface area contributed by atoms with Crippen LogP contribution in [-0.4, -0.2) is 30.6 Å². The third-order valence-corrected chi connectivity index (χ3v) is 6.68. The number of hydrogen-bond donors (Lipinski definition) is 0. The fourth-order valence-electron chi connectivity index (χ4n) is 5.50. The third-order valence-electron chi connectivity index (χ3n) is 6.68. The molecule has 4 nitrogen and oxygen atoms in total. The van der Waals surface area contributed by atoms with Gasteiger partial charge in [-0.1, -0.05) is 30.4 Å². The van der Waals surface area contributed by atoms with E-state index in [0.29, 0.717) is 18.6 Å². The zero-order valence-electron chi connectivity index (χ0n) is 14.1. The second-order valence-corrected chi connectivity index (χ2v) is 7.70. The van der Waals surface area contributed by atoms with Crippen LogP contribution in [0.25, 0.3) is 0 Å². The summed E-state index contributed by atoms with van der Waals surface area (Å²) in [5, 5.41) is 0. The van der Waals surface area contributed by atoms with Gasteiger partial charge in [-0.3, -0.25) is 4.79 Å². The number of fused-ring (bicyclic) bond motifs is 2. The third kappa shape index (κ3) is 1.62. The highest BCUT2D eigenvalue weighted by atomic mass is 16.5. The molecule has 4 atom stereocenters.